The summed E-state index contributed by atoms with van der Waals surface area (Å²) in [6.07, 6.45) is -0.362. The lowest BCUT2D eigenvalue weighted by atomic mass is 10.2. The maximum absolute atomic E-state index is 11.9. The van der Waals surface area contributed by atoms with Crippen molar-refractivity contribution in [3.05, 3.63) is 0 Å². The third-order valence-electron chi connectivity index (χ3n) is 6.75. The minimum Gasteiger partial charge on any atom is -0.444 e. The molecule has 0 saturated carbocycles. The highest BCUT2D eigenvalue weighted by Gasteiger charge is 2.36. The molecule has 0 aliphatic rings. The third kappa shape index (κ3) is 29.2. The lowest BCUT2D eigenvalue weighted by molar-refractivity contribution is -0.0257. The first-order valence-electron chi connectivity index (χ1n) is 16.5. The van der Waals surface area contributed by atoms with Gasteiger partial charge in [-0.25, -0.2) is 4.79 Å². The zero-order valence-electron chi connectivity index (χ0n) is 30.5. The van der Waals surface area contributed by atoms with Crippen molar-refractivity contribution in [2.24, 2.45) is 0 Å². The molecule has 276 valence electrons. The molecule has 13 nitrogen and oxygen atoms in total. The van der Waals surface area contributed by atoms with Gasteiger partial charge in [0.15, 0.2) is 8.32 Å². The summed E-state index contributed by atoms with van der Waals surface area (Å²) < 4.78 is 60.8. The van der Waals surface area contributed by atoms with E-state index < -0.39 is 13.9 Å². The van der Waals surface area contributed by atoms with Gasteiger partial charge in [-0.2, -0.15) is 0 Å². The van der Waals surface area contributed by atoms with Crippen LogP contribution in [0.15, 0.2) is 0 Å². The predicted molar refractivity (Wildman–Crippen MR) is 179 cm³/mol. The Bertz CT molecular complexity index is 704. The van der Waals surface area contributed by atoms with E-state index in [-0.39, 0.29) is 11.1 Å². The number of amides is 1. The highest BCUT2D eigenvalue weighted by molar-refractivity contribution is 6.74. The Morgan fingerprint density at radius 3 is 1.00 bits per heavy atom. The summed E-state index contributed by atoms with van der Waals surface area (Å²) in [4.78, 5) is 13.3. The van der Waals surface area contributed by atoms with E-state index in [4.69, 9.17) is 51.8 Å². The quantitative estimate of drug-likeness (QED) is 0.0774. The smallest absolute Gasteiger partial charge is 0.410 e. The molecule has 0 unspecified atom stereocenters. The Kier molecular flexibility index (Phi) is 27.4. The van der Waals surface area contributed by atoms with E-state index in [1.165, 1.54) is 4.90 Å². The van der Waals surface area contributed by atoms with Gasteiger partial charge in [-0.3, -0.25) is 0 Å². The minimum absolute atomic E-state index is 0.214. The lowest BCUT2D eigenvalue weighted by Gasteiger charge is -2.36. The number of ether oxygens (including phenoxy) is 10. The second kappa shape index (κ2) is 28.0. The van der Waals surface area contributed by atoms with Gasteiger partial charge in [0.05, 0.1) is 126 Å². The van der Waals surface area contributed by atoms with Gasteiger partial charge < -0.3 is 56.7 Å². The molecular weight excluding hydrogens is 618 g/mol. The van der Waals surface area contributed by atoms with Gasteiger partial charge in [0.25, 0.3) is 0 Å². The average Bonchev–Trinajstić information content (AvgIpc) is 2.96. The van der Waals surface area contributed by atoms with Gasteiger partial charge in [-0.1, -0.05) is 20.8 Å². The SMILES string of the molecule is CN(CCOCCOCCOCCOCCOCCOCCOCCOCCOCCO[Si](C)(C)C(C)(C)C)C(=O)OC(C)(C)C. The Labute approximate surface area is 280 Å². The van der Waals surface area contributed by atoms with E-state index in [1.807, 2.05) is 20.8 Å². The van der Waals surface area contributed by atoms with Crippen LogP contribution in [0.3, 0.4) is 0 Å². The molecule has 0 aromatic heterocycles. The van der Waals surface area contributed by atoms with Crippen molar-refractivity contribution in [1.82, 2.24) is 4.90 Å². The van der Waals surface area contributed by atoms with Crippen LogP contribution in [0.1, 0.15) is 41.5 Å². The fraction of sp³-hybridized carbons (Fsp3) is 0.969. The number of nitrogens with zero attached hydrogens (tertiary/aromatic N) is 1. The molecule has 0 aromatic rings. The second-order valence-corrected chi connectivity index (χ2v) is 17.8. The highest BCUT2D eigenvalue weighted by atomic mass is 28.4. The molecule has 0 aliphatic heterocycles. The van der Waals surface area contributed by atoms with Crippen LogP contribution in [0, 0.1) is 0 Å². The number of hydrogen-bond donors (Lipinski definition) is 0. The van der Waals surface area contributed by atoms with E-state index in [2.05, 4.69) is 33.9 Å². The molecule has 0 bridgehead atoms. The molecule has 0 spiro atoms. The average molecular weight is 686 g/mol. The number of likely N-dealkylation sites (N-methyl/N-ethyl adjacent to an activating group) is 1. The molecule has 0 saturated heterocycles. The summed E-state index contributed by atoms with van der Waals surface area (Å²) in [6.45, 7) is 26.8. The maximum Gasteiger partial charge on any atom is 0.410 e. The Hall–Kier alpha value is -0.913. The lowest BCUT2D eigenvalue weighted by Crippen LogP contribution is -2.41. The van der Waals surface area contributed by atoms with Gasteiger partial charge in [0.2, 0.25) is 0 Å². The summed E-state index contributed by atoms with van der Waals surface area (Å²) in [5.74, 6) is 0. The largest absolute Gasteiger partial charge is 0.444 e. The van der Waals surface area contributed by atoms with Crippen LogP contribution in [-0.4, -0.2) is 164 Å². The molecule has 0 aliphatic carbocycles. The normalized spacial score (nSPS) is 12.5. The first-order valence-corrected chi connectivity index (χ1v) is 19.4. The Balaban J connectivity index is 3.22. The van der Waals surface area contributed by atoms with Crippen molar-refractivity contribution in [3.63, 3.8) is 0 Å². The topological polar surface area (TPSA) is 122 Å². The summed E-state index contributed by atoms with van der Waals surface area (Å²) in [6, 6.07) is 0. The van der Waals surface area contributed by atoms with E-state index in [0.717, 1.165) is 0 Å². The molecule has 0 atom stereocenters. The van der Waals surface area contributed by atoms with Crippen molar-refractivity contribution in [3.8, 4) is 0 Å². The fourth-order valence-electron chi connectivity index (χ4n) is 3.07. The second-order valence-electron chi connectivity index (χ2n) is 13.0. The number of hydrogen-bond acceptors (Lipinski definition) is 12. The highest BCUT2D eigenvalue weighted by Crippen LogP contribution is 2.36. The van der Waals surface area contributed by atoms with Crippen LogP contribution in [0.2, 0.25) is 18.1 Å². The third-order valence-corrected chi connectivity index (χ3v) is 11.3. The van der Waals surface area contributed by atoms with Crippen LogP contribution in [0.5, 0.6) is 0 Å². The van der Waals surface area contributed by atoms with Crippen molar-refractivity contribution >= 4 is 14.4 Å². The van der Waals surface area contributed by atoms with Crippen molar-refractivity contribution < 1.29 is 56.6 Å². The molecule has 0 heterocycles. The molecule has 0 rings (SSSR count). The van der Waals surface area contributed by atoms with Crippen molar-refractivity contribution in [1.29, 1.82) is 0 Å². The fourth-order valence-corrected chi connectivity index (χ4v) is 4.09. The van der Waals surface area contributed by atoms with E-state index in [9.17, 15) is 4.79 Å². The predicted octanol–water partition coefficient (Wildman–Crippen LogP) is 4.02. The molecule has 1 amide bonds. The van der Waals surface area contributed by atoms with Gasteiger partial charge in [-0.05, 0) is 38.9 Å². The van der Waals surface area contributed by atoms with E-state index in [0.29, 0.717) is 132 Å². The maximum atomic E-state index is 11.9. The molecule has 0 radical (unpaired) electrons. The summed E-state index contributed by atoms with van der Waals surface area (Å²) >= 11 is 0. The van der Waals surface area contributed by atoms with Gasteiger partial charge >= 0.3 is 6.09 Å². The van der Waals surface area contributed by atoms with Crippen molar-refractivity contribution in [2.75, 3.05) is 139 Å². The van der Waals surface area contributed by atoms with Crippen LogP contribution >= 0.6 is 0 Å². The number of rotatable bonds is 31. The van der Waals surface area contributed by atoms with E-state index in [1.54, 1.807) is 7.05 Å². The molecule has 46 heavy (non-hydrogen) atoms. The Morgan fingerprint density at radius 1 is 0.478 bits per heavy atom. The van der Waals surface area contributed by atoms with Gasteiger partial charge in [0, 0.05) is 13.6 Å². The van der Waals surface area contributed by atoms with Crippen LogP contribution in [0.25, 0.3) is 0 Å². The molecule has 0 fully saturated rings. The summed E-state index contributed by atoms with van der Waals surface area (Å²) in [7, 11) is -0.0164. The first kappa shape index (κ1) is 45.1. The monoisotopic (exact) mass is 685 g/mol. The standard InChI is InChI=1S/C32H67NO12Si/c1-31(2,3)45-30(34)33(7)10-11-35-12-13-36-14-15-37-16-17-38-18-19-39-20-21-40-22-23-41-24-25-42-26-27-43-28-29-44-46(8,9)32(4,5)6/h10-29H2,1-9H3. The Morgan fingerprint density at radius 2 is 0.739 bits per heavy atom. The molecule has 14 heteroatoms. The minimum atomic E-state index is -1.70. The zero-order chi connectivity index (χ0) is 34.6. The summed E-state index contributed by atoms with van der Waals surface area (Å²) in [5, 5.41) is 0.214. The van der Waals surface area contributed by atoms with Gasteiger partial charge in [0.1, 0.15) is 5.60 Å². The van der Waals surface area contributed by atoms with Gasteiger partial charge in [-0.15, -0.1) is 0 Å². The number of carbonyl (C=O) groups excluding carboxylic acids is 1. The summed E-state index contributed by atoms with van der Waals surface area (Å²) in [5.41, 5.74) is -0.508. The molecular formula is C32H67NO12Si. The number of carbonyl (C=O) groups is 1. The van der Waals surface area contributed by atoms with E-state index >= 15 is 0 Å². The van der Waals surface area contributed by atoms with Crippen LogP contribution in [-0.2, 0) is 51.8 Å². The van der Waals surface area contributed by atoms with Crippen LogP contribution in [0.4, 0.5) is 4.79 Å². The van der Waals surface area contributed by atoms with Crippen LogP contribution < -0.4 is 0 Å². The van der Waals surface area contributed by atoms with Crippen molar-refractivity contribution in [2.45, 2.75) is 65.3 Å². The molecule has 0 N–H and O–H groups in total. The first-order chi connectivity index (χ1) is 21.8. The zero-order valence-corrected chi connectivity index (χ0v) is 31.5. The molecule has 0 aromatic carbocycles.